The van der Waals surface area contributed by atoms with Gasteiger partial charge in [-0.25, -0.2) is 15.1 Å². The van der Waals surface area contributed by atoms with Crippen LogP contribution in [0, 0.1) is 6.92 Å². The number of nitrogens with one attached hydrogen (secondary N) is 2. The van der Waals surface area contributed by atoms with E-state index in [-0.39, 0.29) is 5.69 Å². The molecular formula is C11H11F3N2O4. The molecule has 1 aromatic carbocycles. The lowest BCUT2D eigenvalue weighted by molar-refractivity contribution is -0.144. The molecule has 0 radical (unpaired) electrons. The third-order valence-electron chi connectivity index (χ3n) is 2.17. The smallest absolute Gasteiger partial charge is 0.416 e. The molecule has 0 fully saturated rings. The first-order valence-electron chi connectivity index (χ1n) is 5.28. The van der Waals surface area contributed by atoms with Crippen LogP contribution >= 0.6 is 0 Å². The molecule has 0 atom stereocenters. The second kappa shape index (κ2) is 6.24. The van der Waals surface area contributed by atoms with Crippen molar-refractivity contribution in [3.63, 3.8) is 0 Å². The van der Waals surface area contributed by atoms with E-state index in [0.29, 0.717) is 5.56 Å². The molecule has 0 aliphatic rings. The van der Waals surface area contributed by atoms with E-state index < -0.39 is 30.3 Å². The van der Waals surface area contributed by atoms with Crippen LogP contribution in [-0.4, -0.2) is 23.7 Å². The van der Waals surface area contributed by atoms with Crippen LogP contribution in [0.15, 0.2) is 18.2 Å². The number of alkyl halides is 3. The van der Waals surface area contributed by atoms with Crippen LogP contribution in [0.1, 0.15) is 11.1 Å². The number of carbonyl (C=O) groups is 2. The summed E-state index contributed by atoms with van der Waals surface area (Å²) in [6, 6.07) is 1.89. The van der Waals surface area contributed by atoms with Gasteiger partial charge in [0.2, 0.25) is 0 Å². The molecule has 9 heteroatoms. The Kier molecular flexibility index (Phi) is 4.92. The van der Waals surface area contributed by atoms with E-state index in [1.54, 1.807) is 5.48 Å². The van der Waals surface area contributed by atoms with E-state index in [2.05, 4.69) is 10.2 Å². The molecule has 0 saturated carbocycles. The number of amides is 2. The molecule has 0 saturated heterocycles. The molecule has 2 amide bonds. The molecule has 20 heavy (non-hydrogen) atoms. The van der Waals surface area contributed by atoms with Crippen LogP contribution in [0.2, 0.25) is 0 Å². The predicted molar refractivity (Wildman–Crippen MR) is 61.9 cm³/mol. The zero-order valence-corrected chi connectivity index (χ0v) is 10.2. The van der Waals surface area contributed by atoms with E-state index in [4.69, 9.17) is 5.11 Å². The molecule has 3 N–H and O–H groups in total. The largest absolute Gasteiger partial charge is 0.479 e. The Morgan fingerprint density at radius 1 is 1.35 bits per heavy atom. The minimum atomic E-state index is -4.53. The maximum Gasteiger partial charge on any atom is 0.416 e. The zero-order chi connectivity index (χ0) is 15.3. The molecule has 0 unspecified atom stereocenters. The quantitative estimate of drug-likeness (QED) is 0.742. The number of rotatable bonds is 4. The number of carboxylic acid groups (broad SMARTS) is 1. The number of benzene rings is 1. The maximum atomic E-state index is 12.5. The van der Waals surface area contributed by atoms with Crippen LogP contribution in [0.25, 0.3) is 0 Å². The van der Waals surface area contributed by atoms with Gasteiger partial charge in [-0.05, 0) is 24.6 Å². The summed E-state index contributed by atoms with van der Waals surface area (Å²) in [7, 11) is 0. The first-order valence-corrected chi connectivity index (χ1v) is 5.28. The SMILES string of the molecule is Cc1ccc(C(F)(F)F)cc1NC(=O)NOCC(=O)O. The minimum absolute atomic E-state index is 0.0590. The van der Waals surface area contributed by atoms with Crippen molar-refractivity contribution in [2.75, 3.05) is 11.9 Å². The Hall–Kier alpha value is -2.29. The Morgan fingerprint density at radius 2 is 2.00 bits per heavy atom. The number of anilines is 1. The number of hydrogen-bond acceptors (Lipinski definition) is 3. The summed E-state index contributed by atoms with van der Waals surface area (Å²) in [5.41, 5.74) is 1.17. The van der Waals surface area contributed by atoms with Crippen molar-refractivity contribution in [3.8, 4) is 0 Å². The highest BCUT2D eigenvalue weighted by Gasteiger charge is 2.30. The monoisotopic (exact) mass is 292 g/mol. The van der Waals surface area contributed by atoms with Gasteiger partial charge in [-0.2, -0.15) is 13.2 Å². The van der Waals surface area contributed by atoms with E-state index in [9.17, 15) is 22.8 Å². The van der Waals surface area contributed by atoms with Gasteiger partial charge in [-0.3, -0.25) is 4.84 Å². The Balaban J connectivity index is 2.71. The van der Waals surface area contributed by atoms with Gasteiger partial charge >= 0.3 is 18.2 Å². The van der Waals surface area contributed by atoms with Crippen molar-refractivity contribution in [1.82, 2.24) is 5.48 Å². The molecule has 0 aromatic heterocycles. The second-order valence-corrected chi connectivity index (χ2v) is 3.77. The minimum Gasteiger partial charge on any atom is -0.479 e. The van der Waals surface area contributed by atoms with Gasteiger partial charge in [0.1, 0.15) is 0 Å². The van der Waals surface area contributed by atoms with E-state index >= 15 is 0 Å². The standard InChI is InChI=1S/C11H11F3N2O4/c1-6-2-3-7(11(12,13)14)4-8(6)15-10(19)16-20-5-9(17)18/h2-4H,5H2,1H3,(H,17,18)(H2,15,16,19). The van der Waals surface area contributed by atoms with Crippen LogP contribution in [0.3, 0.4) is 0 Å². The van der Waals surface area contributed by atoms with Gasteiger partial charge in [0.15, 0.2) is 6.61 Å². The lowest BCUT2D eigenvalue weighted by atomic mass is 10.1. The predicted octanol–water partition coefficient (Wildman–Crippen LogP) is 2.15. The summed E-state index contributed by atoms with van der Waals surface area (Å²) < 4.78 is 37.5. The normalized spacial score (nSPS) is 11.0. The van der Waals surface area contributed by atoms with Gasteiger partial charge in [0, 0.05) is 5.69 Å². The van der Waals surface area contributed by atoms with Crippen molar-refractivity contribution in [3.05, 3.63) is 29.3 Å². The van der Waals surface area contributed by atoms with E-state index in [0.717, 1.165) is 12.1 Å². The molecule has 0 aliphatic carbocycles. The highest BCUT2D eigenvalue weighted by Crippen LogP contribution is 2.31. The molecule has 0 bridgehead atoms. The average molecular weight is 292 g/mol. The summed E-state index contributed by atoms with van der Waals surface area (Å²) in [6.07, 6.45) is -4.53. The lowest BCUT2D eigenvalue weighted by Crippen LogP contribution is -2.31. The van der Waals surface area contributed by atoms with Crippen LogP contribution in [-0.2, 0) is 15.8 Å². The molecule has 1 aromatic rings. The maximum absolute atomic E-state index is 12.5. The third-order valence-corrected chi connectivity index (χ3v) is 2.17. The first-order chi connectivity index (χ1) is 9.20. The van der Waals surface area contributed by atoms with Crippen molar-refractivity contribution < 1.29 is 32.7 Å². The Labute approximate surface area is 111 Å². The van der Waals surface area contributed by atoms with Gasteiger partial charge < -0.3 is 10.4 Å². The van der Waals surface area contributed by atoms with Crippen molar-refractivity contribution >= 4 is 17.7 Å². The third kappa shape index (κ3) is 4.76. The number of hydroxylamine groups is 1. The topological polar surface area (TPSA) is 87.7 Å². The van der Waals surface area contributed by atoms with Crippen molar-refractivity contribution in [1.29, 1.82) is 0 Å². The summed E-state index contributed by atoms with van der Waals surface area (Å²) >= 11 is 0. The Morgan fingerprint density at radius 3 is 2.55 bits per heavy atom. The van der Waals surface area contributed by atoms with Gasteiger partial charge in [0.05, 0.1) is 5.56 Å². The number of halogens is 3. The van der Waals surface area contributed by atoms with Crippen LogP contribution in [0.4, 0.5) is 23.7 Å². The molecule has 110 valence electrons. The fourth-order valence-electron chi connectivity index (χ4n) is 1.24. The number of urea groups is 1. The zero-order valence-electron chi connectivity index (χ0n) is 10.2. The number of carbonyl (C=O) groups excluding carboxylic acids is 1. The average Bonchev–Trinajstić information content (AvgIpc) is 2.30. The fourth-order valence-corrected chi connectivity index (χ4v) is 1.24. The van der Waals surface area contributed by atoms with Crippen molar-refractivity contribution in [2.45, 2.75) is 13.1 Å². The van der Waals surface area contributed by atoms with Gasteiger partial charge in [-0.15, -0.1) is 0 Å². The highest BCUT2D eigenvalue weighted by atomic mass is 19.4. The Bertz CT molecular complexity index is 517. The number of aliphatic carboxylic acids is 1. The fraction of sp³-hybridized carbons (Fsp3) is 0.273. The van der Waals surface area contributed by atoms with E-state index in [1.807, 2.05) is 0 Å². The second-order valence-electron chi connectivity index (χ2n) is 3.77. The van der Waals surface area contributed by atoms with Gasteiger partial charge in [0.25, 0.3) is 0 Å². The number of aryl methyl sites for hydroxylation is 1. The summed E-state index contributed by atoms with van der Waals surface area (Å²) in [6.45, 7) is 0.739. The molecular weight excluding hydrogens is 281 g/mol. The molecule has 1 rings (SSSR count). The summed E-state index contributed by atoms with van der Waals surface area (Å²) in [5.74, 6) is -1.31. The first kappa shape index (κ1) is 15.8. The molecule has 0 heterocycles. The molecule has 0 aliphatic heterocycles. The van der Waals surface area contributed by atoms with E-state index in [1.165, 1.54) is 13.0 Å². The van der Waals surface area contributed by atoms with Crippen LogP contribution in [0.5, 0.6) is 0 Å². The lowest BCUT2D eigenvalue weighted by Gasteiger charge is -2.12. The van der Waals surface area contributed by atoms with Crippen LogP contribution < -0.4 is 10.8 Å². The highest BCUT2D eigenvalue weighted by molar-refractivity contribution is 5.89. The molecule has 0 spiro atoms. The summed E-state index contributed by atoms with van der Waals surface area (Å²) in [5, 5.41) is 10.4. The number of hydrogen-bond donors (Lipinski definition) is 3. The van der Waals surface area contributed by atoms with Crippen molar-refractivity contribution in [2.24, 2.45) is 0 Å². The van der Waals surface area contributed by atoms with Gasteiger partial charge in [-0.1, -0.05) is 6.07 Å². The summed E-state index contributed by atoms with van der Waals surface area (Å²) in [4.78, 5) is 25.7. The number of carboxylic acids is 1. The molecule has 6 nitrogen and oxygen atoms in total.